The van der Waals surface area contributed by atoms with E-state index in [0.29, 0.717) is 5.56 Å². The van der Waals surface area contributed by atoms with Crippen molar-refractivity contribution in [3.05, 3.63) is 160 Å². The van der Waals surface area contributed by atoms with E-state index in [9.17, 15) is 20.1 Å². The Kier molecular flexibility index (Phi) is 8.97. The Labute approximate surface area is 330 Å². The maximum absolute atomic E-state index is 12.1. The summed E-state index contributed by atoms with van der Waals surface area (Å²) in [5.74, 6) is -1.51. The number of aliphatic hydroxyl groups is 1. The number of fused-ring (bicyclic) bond motifs is 5. The maximum atomic E-state index is 12.1. The van der Waals surface area contributed by atoms with Crippen LogP contribution in [0.5, 0.6) is 5.75 Å². The fourth-order valence-electron chi connectivity index (χ4n) is 9.11. The molecule has 4 heteroatoms. The molecule has 0 amide bonds. The van der Waals surface area contributed by atoms with Gasteiger partial charge in [-0.25, -0.2) is 4.79 Å². The van der Waals surface area contributed by atoms with Crippen molar-refractivity contribution in [1.29, 1.82) is 0 Å². The van der Waals surface area contributed by atoms with Gasteiger partial charge in [0.15, 0.2) is 0 Å². The minimum Gasteiger partial charge on any atom is -0.507 e. The molecular formula is C52H50O4. The summed E-state index contributed by atoms with van der Waals surface area (Å²) in [7, 11) is 0. The molecule has 3 N–H and O–H groups in total. The molecule has 2 aliphatic carbocycles. The molecule has 56 heavy (non-hydrogen) atoms. The lowest BCUT2D eigenvalue weighted by Gasteiger charge is -2.40. The molecule has 2 aliphatic rings. The van der Waals surface area contributed by atoms with Crippen LogP contribution >= 0.6 is 0 Å². The Bertz CT molecular complexity index is 2660. The molecule has 1 unspecified atom stereocenters. The summed E-state index contributed by atoms with van der Waals surface area (Å²) in [6.45, 7) is 16.2. The molecule has 8 rings (SSSR count). The molecule has 0 heterocycles. The number of carboxylic acids is 1. The number of hydrogen-bond acceptors (Lipinski definition) is 3. The standard InChI is InChI=1S/C52H50O4/c1-50(2,3)37-18-14-33(15-19-37)43-28-35(27-34-17-22-41-38-24-25-51(4,5)29-36(38)30-52(6,7)48(41)46(34)43)40-21-16-32-10-8-9-11-39(32)47(40)44(53)23-13-31-12-20-42(49(55)56)45(54)26-31/h8-28,44,53-54H,29-30H2,1-7H3,(H,55,56)/b23-13+. The number of benzene rings is 6. The first-order chi connectivity index (χ1) is 26.5. The van der Waals surface area contributed by atoms with Gasteiger partial charge in [0.25, 0.3) is 0 Å². The number of aliphatic hydroxyl groups excluding tert-OH is 1. The van der Waals surface area contributed by atoms with Crippen molar-refractivity contribution in [2.24, 2.45) is 5.41 Å². The van der Waals surface area contributed by atoms with Crippen molar-refractivity contribution in [3.8, 4) is 28.0 Å². The fraction of sp³-hybridized carbons (Fsp3) is 0.250. The Balaban J connectivity index is 1.36. The lowest BCUT2D eigenvalue weighted by molar-refractivity contribution is 0.0693. The third-order valence-corrected chi connectivity index (χ3v) is 11.9. The minimum absolute atomic E-state index is 0.0221. The SMILES string of the molecule is CC1(C)C=CC2=C(C1)CC(C)(C)c1c2ccc2cc(-c3ccc4ccccc4c3C(O)/C=C/c3ccc(C(=O)O)c(O)c3)cc(-c3ccc(C(C)(C)C)cc3)c12. The number of phenols is 1. The highest BCUT2D eigenvalue weighted by molar-refractivity contribution is 6.07. The van der Waals surface area contributed by atoms with Crippen molar-refractivity contribution in [2.75, 3.05) is 0 Å². The number of carboxylic acid groups (broad SMARTS) is 1. The van der Waals surface area contributed by atoms with Gasteiger partial charge in [-0.15, -0.1) is 0 Å². The summed E-state index contributed by atoms with van der Waals surface area (Å²) in [5, 5.41) is 36.2. The first-order valence-corrected chi connectivity index (χ1v) is 19.6. The predicted octanol–water partition coefficient (Wildman–Crippen LogP) is 13.2. The maximum Gasteiger partial charge on any atom is 0.339 e. The largest absolute Gasteiger partial charge is 0.507 e. The lowest BCUT2D eigenvalue weighted by atomic mass is 9.63. The van der Waals surface area contributed by atoms with Crippen LogP contribution in [0, 0.1) is 5.41 Å². The van der Waals surface area contributed by atoms with E-state index in [-0.39, 0.29) is 27.6 Å². The highest BCUT2D eigenvalue weighted by Crippen LogP contribution is 2.53. The van der Waals surface area contributed by atoms with Gasteiger partial charge < -0.3 is 15.3 Å². The summed E-state index contributed by atoms with van der Waals surface area (Å²) >= 11 is 0. The Morgan fingerprint density at radius 3 is 2.20 bits per heavy atom. The number of carbonyl (C=O) groups is 1. The van der Waals surface area contributed by atoms with Crippen LogP contribution in [0.15, 0.2) is 127 Å². The number of aromatic carboxylic acids is 1. The molecule has 0 saturated carbocycles. The van der Waals surface area contributed by atoms with Gasteiger partial charge in [0.2, 0.25) is 0 Å². The normalized spacial score (nSPS) is 16.6. The Hall–Kier alpha value is -5.71. The van der Waals surface area contributed by atoms with E-state index in [1.54, 1.807) is 18.2 Å². The quantitative estimate of drug-likeness (QED) is 0.159. The topological polar surface area (TPSA) is 77.8 Å². The van der Waals surface area contributed by atoms with Gasteiger partial charge >= 0.3 is 5.97 Å². The van der Waals surface area contributed by atoms with Crippen LogP contribution in [-0.2, 0) is 10.8 Å². The molecular weight excluding hydrogens is 689 g/mol. The van der Waals surface area contributed by atoms with Crippen LogP contribution in [0.1, 0.15) is 106 Å². The molecule has 0 radical (unpaired) electrons. The van der Waals surface area contributed by atoms with E-state index in [1.165, 1.54) is 50.9 Å². The first-order valence-electron chi connectivity index (χ1n) is 19.6. The average molecular weight is 739 g/mol. The number of rotatable bonds is 6. The zero-order chi connectivity index (χ0) is 39.7. The summed E-state index contributed by atoms with van der Waals surface area (Å²) < 4.78 is 0. The monoisotopic (exact) mass is 738 g/mol. The second-order valence-corrected chi connectivity index (χ2v) is 18.1. The molecule has 0 saturated heterocycles. The summed E-state index contributed by atoms with van der Waals surface area (Å²) in [6.07, 6.45) is 9.24. The van der Waals surface area contributed by atoms with Crippen LogP contribution in [0.2, 0.25) is 0 Å². The second kappa shape index (κ2) is 13.5. The highest BCUT2D eigenvalue weighted by Gasteiger charge is 2.37. The molecule has 0 aromatic heterocycles. The third-order valence-electron chi connectivity index (χ3n) is 11.9. The molecule has 0 fully saturated rings. The van der Waals surface area contributed by atoms with Crippen LogP contribution in [0.4, 0.5) is 0 Å². The van der Waals surface area contributed by atoms with Crippen LogP contribution in [0.25, 0.3) is 55.4 Å². The Morgan fingerprint density at radius 1 is 0.768 bits per heavy atom. The summed E-state index contributed by atoms with van der Waals surface area (Å²) in [6, 6.07) is 35.0. The third kappa shape index (κ3) is 6.67. The molecule has 6 aromatic rings. The highest BCUT2D eigenvalue weighted by atomic mass is 16.4. The van der Waals surface area contributed by atoms with Gasteiger partial charge in [-0.3, -0.25) is 0 Å². The van der Waals surface area contributed by atoms with Gasteiger partial charge in [0.1, 0.15) is 11.3 Å². The van der Waals surface area contributed by atoms with Crippen LogP contribution < -0.4 is 0 Å². The summed E-state index contributed by atoms with van der Waals surface area (Å²) in [5.41, 5.74) is 12.4. The van der Waals surface area contributed by atoms with Gasteiger partial charge in [-0.05, 0) is 125 Å². The van der Waals surface area contributed by atoms with Crippen molar-refractivity contribution < 1.29 is 20.1 Å². The van der Waals surface area contributed by atoms with Crippen molar-refractivity contribution in [1.82, 2.24) is 0 Å². The molecule has 282 valence electrons. The zero-order valence-electron chi connectivity index (χ0n) is 33.4. The molecule has 0 bridgehead atoms. The number of hydrogen-bond donors (Lipinski definition) is 3. The van der Waals surface area contributed by atoms with Gasteiger partial charge in [-0.2, -0.15) is 0 Å². The van der Waals surface area contributed by atoms with Gasteiger partial charge in [0, 0.05) is 5.56 Å². The summed E-state index contributed by atoms with van der Waals surface area (Å²) in [4.78, 5) is 11.5. The molecule has 4 nitrogen and oxygen atoms in total. The molecule has 0 spiro atoms. The van der Waals surface area contributed by atoms with E-state index < -0.39 is 12.1 Å². The van der Waals surface area contributed by atoms with Gasteiger partial charge in [-0.1, -0.05) is 157 Å². The molecule has 0 aliphatic heterocycles. The molecule has 6 aromatic carbocycles. The lowest BCUT2D eigenvalue weighted by Crippen LogP contribution is -2.28. The van der Waals surface area contributed by atoms with E-state index in [4.69, 9.17) is 0 Å². The minimum atomic E-state index is -1.20. The van der Waals surface area contributed by atoms with Crippen molar-refractivity contribution >= 4 is 39.2 Å². The Morgan fingerprint density at radius 2 is 1.48 bits per heavy atom. The first kappa shape index (κ1) is 37.2. The fourth-order valence-corrected chi connectivity index (χ4v) is 9.11. The van der Waals surface area contributed by atoms with E-state index in [0.717, 1.165) is 51.3 Å². The smallest absolute Gasteiger partial charge is 0.339 e. The van der Waals surface area contributed by atoms with Crippen LogP contribution in [0.3, 0.4) is 0 Å². The van der Waals surface area contributed by atoms with Crippen molar-refractivity contribution in [3.63, 3.8) is 0 Å². The van der Waals surface area contributed by atoms with E-state index in [1.807, 2.05) is 12.1 Å². The number of allylic oxidation sites excluding steroid dienone is 4. The van der Waals surface area contributed by atoms with Crippen molar-refractivity contribution in [2.45, 2.75) is 78.2 Å². The molecule has 1 atom stereocenters. The predicted molar refractivity (Wildman–Crippen MR) is 232 cm³/mol. The van der Waals surface area contributed by atoms with E-state index in [2.05, 4.69) is 133 Å². The average Bonchev–Trinajstić information content (AvgIpc) is 3.14. The zero-order valence-corrected chi connectivity index (χ0v) is 33.4. The van der Waals surface area contributed by atoms with Gasteiger partial charge in [0.05, 0.1) is 6.10 Å². The van der Waals surface area contributed by atoms with Crippen LogP contribution in [-0.4, -0.2) is 21.3 Å². The van der Waals surface area contributed by atoms with E-state index >= 15 is 0 Å². The second-order valence-electron chi connectivity index (χ2n) is 18.1. The number of aromatic hydroxyl groups is 1.